The third-order valence-corrected chi connectivity index (χ3v) is 1.93. The van der Waals surface area contributed by atoms with Gasteiger partial charge in [0, 0.05) is 26.4 Å². The molecule has 3 unspecified atom stereocenters. The highest BCUT2D eigenvalue weighted by Crippen LogP contribution is 2.12. The normalized spacial score (nSPS) is 16.9. The average Bonchev–Trinajstić information content (AvgIpc) is 2.00. The Bertz CT molecular complexity index is 181. The number of hydrogen-bond acceptors (Lipinski definition) is 5. The highest BCUT2D eigenvalue weighted by Gasteiger charge is 2.18. The second kappa shape index (κ2) is 7.62. The van der Waals surface area contributed by atoms with E-state index in [2.05, 4.69) is 0 Å². The largest absolute Gasteiger partial charge is 0.462 e. The Labute approximate surface area is 89.7 Å². The minimum atomic E-state index is -0.710. The molecule has 0 aliphatic rings. The van der Waals surface area contributed by atoms with Gasteiger partial charge in [0.25, 0.3) is 0 Å². The zero-order chi connectivity index (χ0) is 11.8. The fraction of sp³-hybridized carbons (Fsp3) is 0.900. The first kappa shape index (κ1) is 14.3. The summed E-state index contributed by atoms with van der Waals surface area (Å²) in [6.07, 6.45) is -1.01. The summed E-state index contributed by atoms with van der Waals surface area (Å²) in [4.78, 5) is 10.7. The molecule has 0 spiro atoms. The highest BCUT2D eigenvalue weighted by atomic mass is 16.5. The summed E-state index contributed by atoms with van der Waals surface area (Å²) >= 11 is 0. The van der Waals surface area contributed by atoms with Gasteiger partial charge in [0.05, 0.1) is 12.2 Å². The minimum absolute atomic E-state index is 0.108. The van der Waals surface area contributed by atoms with E-state index in [9.17, 15) is 9.90 Å². The average molecular weight is 220 g/mol. The Hall–Kier alpha value is -0.650. The predicted octanol–water partition coefficient (Wildman–Crippen LogP) is -0.178. The molecule has 3 N–H and O–H groups in total. The lowest BCUT2D eigenvalue weighted by atomic mass is 10.0. The number of aliphatic hydroxyl groups is 3. The predicted molar refractivity (Wildman–Crippen MR) is 54.2 cm³/mol. The fourth-order valence-electron chi connectivity index (χ4n) is 1.38. The van der Waals surface area contributed by atoms with Crippen molar-refractivity contribution in [2.45, 2.75) is 51.4 Å². The second-order valence-corrected chi connectivity index (χ2v) is 3.72. The fourth-order valence-corrected chi connectivity index (χ4v) is 1.38. The number of hydrogen-bond donors (Lipinski definition) is 3. The van der Waals surface area contributed by atoms with Gasteiger partial charge in [0.15, 0.2) is 0 Å². The Morgan fingerprint density at radius 2 is 1.93 bits per heavy atom. The lowest BCUT2D eigenvalue weighted by Gasteiger charge is -2.20. The summed E-state index contributed by atoms with van der Waals surface area (Å²) < 4.78 is 4.94. The van der Waals surface area contributed by atoms with Crippen LogP contribution in [-0.4, -0.2) is 46.2 Å². The standard InChI is InChI=1S/C10H20O5/c1-7(12)5-10(15-8(2)13)6-9(14)3-4-11/h7,9-12,14H,3-6H2,1-2H3. The van der Waals surface area contributed by atoms with E-state index in [1.807, 2.05) is 0 Å². The minimum Gasteiger partial charge on any atom is -0.462 e. The molecule has 0 aromatic rings. The molecule has 5 heteroatoms. The SMILES string of the molecule is CC(=O)OC(CC(C)O)CC(O)CCO. The van der Waals surface area contributed by atoms with Crippen LogP contribution in [0.15, 0.2) is 0 Å². The molecular weight excluding hydrogens is 200 g/mol. The van der Waals surface area contributed by atoms with Gasteiger partial charge in [-0.3, -0.25) is 4.79 Å². The van der Waals surface area contributed by atoms with Gasteiger partial charge in [-0.15, -0.1) is 0 Å². The molecule has 0 bridgehead atoms. The third kappa shape index (κ3) is 8.35. The van der Waals surface area contributed by atoms with Gasteiger partial charge in [-0.2, -0.15) is 0 Å². The van der Waals surface area contributed by atoms with Crippen molar-refractivity contribution in [1.82, 2.24) is 0 Å². The maximum Gasteiger partial charge on any atom is 0.302 e. The van der Waals surface area contributed by atoms with Gasteiger partial charge >= 0.3 is 5.97 Å². The summed E-state index contributed by atoms with van der Waals surface area (Å²) in [7, 11) is 0. The molecule has 0 saturated heterocycles. The van der Waals surface area contributed by atoms with Gasteiger partial charge in [-0.25, -0.2) is 0 Å². The van der Waals surface area contributed by atoms with Gasteiger partial charge < -0.3 is 20.1 Å². The van der Waals surface area contributed by atoms with E-state index in [1.165, 1.54) is 6.92 Å². The van der Waals surface area contributed by atoms with Crippen molar-refractivity contribution in [3.63, 3.8) is 0 Å². The van der Waals surface area contributed by atoms with Crippen LogP contribution in [-0.2, 0) is 9.53 Å². The molecule has 0 saturated carbocycles. The molecule has 15 heavy (non-hydrogen) atoms. The molecule has 0 aromatic heterocycles. The second-order valence-electron chi connectivity index (χ2n) is 3.72. The number of carbonyl (C=O) groups excluding carboxylic acids is 1. The maximum atomic E-state index is 10.7. The third-order valence-electron chi connectivity index (χ3n) is 1.93. The van der Waals surface area contributed by atoms with E-state index in [0.717, 1.165) is 0 Å². The number of esters is 1. The topological polar surface area (TPSA) is 87.0 Å². The molecule has 3 atom stereocenters. The van der Waals surface area contributed by atoms with E-state index in [1.54, 1.807) is 6.92 Å². The number of ether oxygens (including phenoxy) is 1. The van der Waals surface area contributed by atoms with Crippen LogP contribution in [0, 0.1) is 0 Å². The Morgan fingerprint density at radius 1 is 1.33 bits per heavy atom. The van der Waals surface area contributed by atoms with Crippen LogP contribution in [0.2, 0.25) is 0 Å². The van der Waals surface area contributed by atoms with E-state index >= 15 is 0 Å². The van der Waals surface area contributed by atoms with Crippen molar-refractivity contribution < 1.29 is 24.9 Å². The van der Waals surface area contributed by atoms with Crippen LogP contribution in [0.1, 0.15) is 33.1 Å². The zero-order valence-corrected chi connectivity index (χ0v) is 9.22. The van der Waals surface area contributed by atoms with Crippen LogP contribution in [0.5, 0.6) is 0 Å². The Kier molecular flexibility index (Phi) is 7.29. The van der Waals surface area contributed by atoms with Crippen molar-refractivity contribution in [3.05, 3.63) is 0 Å². The molecular formula is C10H20O5. The first-order chi connectivity index (χ1) is 6.95. The maximum absolute atomic E-state index is 10.7. The van der Waals surface area contributed by atoms with E-state index in [-0.39, 0.29) is 19.4 Å². The molecule has 0 aliphatic heterocycles. The van der Waals surface area contributed by atoms with Gasteiger partial charge in [0.1, 0.15) is 6.10 Å². The summed E-state index contributed by atoms with van der Waals surface area (Å²) in [5.74, 6) is -0.433. The zero-order valence-electron chi connectivity index (χ0n) is 9.22. The molecule has 0 heterocycles. The molecule has 0 radical (unpaired) electrons. The van der Waals surface area contributed by atoms with Crippen LogP contribution in [0.3, 0.4) is 0 Å². The van der Waals surface area contributed by atoms with Gasteiger partial charge in [-0.1, -0.05) is 0 Å². The quantitative estimate of drug-likeness (QED) is 0.518. The number of carbonyl (C=O) groups is 1. The lowest BCUT2D eigenvalue weighted by molar-refractivity contribution is -0.149. The van der Waals surface area contributed by atoms with E-state index in [4.69, 9.17) is 14.9 Å². The molecule has 0 aromatic carbocycles. The van der Waals surface area contributed by atoms with Crippen LogP contribution >= 0.6 is 0 Å². The van der Waals surface area contributed by atoms with Gasteiger partial charge in [0.2, 0.25) is 0 Å². The van der Waals surface area contributed by atoms with E-state index < -0.39 is 24.3 Å². The summed E-state index contributed by atoms with van der Waals surface area (Å²) in [6, 6.07) is 0. The van der Waals surface area contributed by atoms with Crippen molar-refractivity contribution in [2.75, 3.05) is 6.61 Å². The monoisotopic (exact) mass is 220 g/mol. The number of aliphatic hydroxyl groups excluding tert-OH is 3. The van der Waals surface area contributed by atoms with Crippen LogP contribution in [0.25, 0.3) is 0 Å². The Balaban J connectivity index is 4.04. The smallest absolute Gasteiger partial charge is 0.302 e. The molecule has 0 fully saturated rings. The molecule has 0 aliphatic carbocycles. The summed E-state index contributed by atoms with van der Waals surface area (Å²) in [6.45, 7) is 2.77. The van der Waals surface area contributed by atoms with Crippen molar-refractivity contribution in [2.24, 2.45) is 0 Å². The van der Waals surface area contributed by atoms with Crippen LogP contribution in [0.4, 0.5) is 0 Å². The molecule has 0 amide bonds. The van der Waals surface area contributed by atoms with Crippen molar-refractivity contribution in [3.8, 4) is 0 Å². The first-order valence-electron chi connectivity index (χ1n) is 5.10. The first-order valence-corrected chi connectivity index (χ1v) is 5.10. The summed E-state index contributed by atoms with van der Waals surface area (Å²) in [5.41, 5.74) is 0. The molecule has 0 rings (SSSR count). The van der Waals surface area contributed by atoms with Crippen molar-refractivity contribution in [1.29, 1.82) is 0 Å². The lowest BCUT2D eigenvalue weighted by Crippen LogP contribution is -2.26. The Morgan fingerprint density at radius 3 is 2.33 bits per heavy atom. The van der Waals surface area contributed by atoms with Crippen molar-refractivity contribution >= 4 is 5.97 Å². The van der Waals surface area contributed by atoms with E-state index in [0.29, 0.717) is 6.42 Å². The van der Waals surface area contributed by atoms with Crippen LogP contribution < -0.4 is 0 Å². The molecule has 5 nitrogen and oxygen atoms in total. The number of rotatable bonds is 7. The van der Waals surface area contributed by atoms with Gasteiger partial charge in [-0.05, 0) is 13.3 Å². The summed E-state index contributed by atoms with van der Waals surface area (Å²) in [5, 5.41) is 27.2. The highest BCUT2D eigenvalue weighted by molar-refractivity contribution is 5.66. The molecule has 90 valence electrons.